The summed E-state index contributed by atoms with van der Waals surface area (Å²) < 4.78 is 5.69. The number of hydrogen-bond acceptors (Lipinski definition) is 3. The van der Waals surface area contributed by atoms with Crippen molar-refractivity contribution >= 4 is 5.78 Å². The number of hydrogen-bond donors (Lipinski definition) is 0. The zero-order chi connectivity index (χ0) is 11.8. The van der Waals surface area contributed by atoms with Gasteiger partial charge in [-0.25, -0.2) is 4.98 Å². The second-order valence-corrected chi connectivity index (χ2v) is 4.44. The van der Waals surface area contributed by atoms with Crippen LogP contribution in [0, 0.1) is 6.92 Å². The maximum absolute atomic E-state index is 11.7. The molecule has 1 heterocycles. The zero-order valence-corrected chi connectivity index (χ0v) is 9.69. The Morgan fingerprint density at radius 1 is 1.29 bits per heavy atom. The predicted molar refractivity (Wildman–Crippen MR) is 63.9 cm³/mol. The average Bonchev–Trinajstić information content (AvgIpc) is 2.74. The third-order valence-electron chi connectivity index (χ3n) is 3.03. The Morgan fingerprint density at radius 3 is 2.94 bits per heavy atom. The lowest BCUT2D eigenvalue weighted by molar-refractivity contribution is 0.0965. The highest BCUT2D eigenvalue weighted by Gasteiger charge is 2.24. The summed E-state index contributed by atoms with van der Waals surface area (Å²) in [6.45, 7) is 2.03. The summed E-state index contributed by atoms with van der Waals surface area (Å²) in [5.41, 5.74) is 2.63. The molecule has 0 saturated carbocycles. The molecule has 0 fully saturated rings. The Kier molecular flexibility index (Phi) is 2.32. The SMILES string of the molecule is Cc1cccc(-c2nc3c(o2)CCCC3=O)c1. The summed E-state index contributed by atoms with van der Waals surface area (Å²) in [7, 11) is 0. The molecular formula is C14H13NO2. The number of nitrogens with zero attached hydrogens (tertiary/aromatic N) is 1. The Morgan fingerprint density at radius 2 is 2.18 bits per heavy atom. The van der Waals surface area contributed by atoms with Crippen molar-refractivity contribution in [3.63, 3.8) is 0 Å². The monoisotopic (exact) mass is 227 g/mol. The molecule has 0 spiro atoms. The number of carbonyl (C=O) groups excluding carboxylic acids is 1. The molecule has 0 saturated heterocycles. The van der Waals surface area contributed by atoms with E-state index in [2.05, 4.69) is 4.98 Å². The third-order valence-corrected chi connectivity index (χ3v) is 3.03. The summed E-state index contributed by atoms with van der Waals surface area (Å²) >= 11 is 0. The number of benzene rings is 1. The van der Waals surface area contributed by atoms with Crippen LogP contribution in [0.5, 0.6) is 0 Å². The van der Waals surface area contributed by atoms with E-state index in [4.69, 9.17) is 4.42 Å². The van der Waals surface area contributed by atoms with Gasteiger partial charge in [-0.3, -0.25) is 4.79 Å². The van der Waals surface area contributed by atoms with E-state index in [1.807, 2.05) is 31.2 Å². The highest BCUT2D eigenvalue weighted by molar-refractivity contribution is 5.96. The van der Waals surface area contributed by atoms with Crippen molar-refractivity contribution in [2.75, 3.05) is 0 Å². The van der Waals surface area contributed by atoms with Crippen molar-refractivity contribution in [3.8, 4) is 11.5 Å². The smallest absolute Gasteiger partial charge is 0.226 e. The Labute approximate surface area is 99.5 Å². The number of ketones is 1. The van der Waals surface area contributed by atoms with Crippen LogP contribution in [0.25, 0.3) is 11.5 Å². The minimum atomic E-state index is 0.105. The van der Waals surface area contributed by atoms with Crippen molar-refractivity contribution in [1.82, 2.24) is 4.98 Å². The number of rotatable bonds is 1. The molecule has 1 aromatic heterocycles. The topological polar surface area (TPSA) is 43.1 Å². The van der Waals surface area contributed by atoms with Gasteiger partial charge >= 0.3 is 0 Å². The quantitative estimate of drug-likeness (QED) is 0.751. The van der Waals surface area contributed by atoms with E-state index in [9.17, 15) is 4.79 Å². The van der Waals surface area contributed by atoms with E-state index in [1.165, 1.54) is 0 Å². The molecule has 0 N–H and O–H groups in total. The van der Waals surface area contributed by atoms with E-state index in [-0.39, 0.29) is 5.78 Å². The van der Waals surface area contributed by atoms with Gasteiger partial charge in [0.15, 0.2) is 5.78 Å². The van der Waals surface area contributed by atoms with E-state index < -0.39 is 0 Å². The van der Waals surface area contributed by atoms with Gasteiger partial charge in [-0.05, 0) is 25.5 Å². The Hall–Kier alpha value is -1.90. The summed E-state index contributed by atoms with van der Waals surface area (Å²) in [5.74, 6) is 1.42. The molecule has 17 heavy (non-hydrogen) atoms. The minimum Gasteiger partial charge on any atom is -0.440 e. The lowest BCUT2D eigenvalue weighted by Gasteiger charge is -2.04. The molecule has 0 radical (unpaired) electrons. The molecule has 2 aromatic rings. The molecule has 0 bridgehead atoms. The molecule has 0 unspecified atom stereocenters. The third kappa shape index (κ3) is 1.78. The first-order valence-electron chi connectivity index (χ1n) is 5.84. The van der Waals surface area contributed by atoms with Gasteiger partial charge in [0.2, 0.25) is 5.89 Å². The Balaban J connectivity index is 2.08. The molecule has 0 amide bonds. The molecule has 3 rings (SSSR count). The van der Waals surface area contributed by atoms with Crippen molar-refractivity contribution in [3.05, 3.63) is 41.3 Å². The van der Waals surface area contributed by atoms with Crippen LogP contribution in [0.3, 0.4) is 0 Å². The van der Waals surface area contributed by atoms with Gasteiger partial charge in [-0.15, -0.1) is 0 Å². The maximum atomic E-state index is 11.7. The van der Waals surface area contributed by atoms with Crippen molar-refractivity contribution in [1.29, 1.82) is 0 Å². The largest absolute Gasteiger partial charge is 0.440 e. The van der Waals surface area contributed by atoms with Gasteiger partial charge in [0, 0.05) is 18.4 Å². The van der Waals surface area contributed by atoms with Gasteiger partial charge in [-0.1, -0.05) is 17.7 Å². The molecule has 1 aliphatic carbocycles. The molecule has 86 valence electrons. The molecule has 3 nitrogen and oxygen atoms in total. The van der Waals surface area contributed by atoms with E-state index >= 15 is 0 Å². The molecule has 1 aromatic carbocycles. The second kappa shape index (κ2) is 3.84. The summed E-state index contributed by atoms with van der Waals surface area (Å²) in [6.07, 6.45) is 2.28. The van der Waals surface area contributed by atoms with Crippen LogP contribution in [-0.4, -0.2) is 10.8 Å². The molecule has 1 aliphatic rings. The minimum absolute atomic E-state index is 0.105. The second-order valence-electron chi connectivity index (χ2n) is 4.44. The van der Waals surface area contributed by atoms with Gasteiger partial charge in [0.1, 0.15) is 11.5 Å². The molecule has 3 heteroatoms. The number of Topliss-reactive ketones (excluding diaryl/α,β-unsaturated/α-hetero) is 1. The number of carbonyl (C=O) groups is 1. The van der Waals surface area contributed by atoms with Gasteiger partial charge in [0.25, 0.3) is 0 Å². The van der Waals surface area contributed by atoms with E-state index in [1.54, 1.807) is 0 Å². The van der Waals surface area contributed by atoms with E-state index in [0.717, 1.165) is 29.7 Å². The van der Waals surface area contributed by atoms with Crippen LogP contribution < -0.4 is 0 Å². The van der Waals surface area contributed by atoms with Gasteiger partial charge < -0.3 is 4.42 Å². The number of aromatic nitrogens is 1. The van der Waals surface area contributed by atoms with Crippen LogP contribution in [0.4, 0.5) is 0 Å². The van der Waals surface area contributed by atoms with Gasteiger partial charge in [-0.2, -0.15) is 0 Å². The highest BCUT2D eigenvalue weighted by atomic mass is 16.4. The molecule has 0 atom stereocenters. The first-order chi connectivity index (χ1) is 8.24. The number of oxazole rings is 1. The first-order valence-corrected chi connectivity index (χ1v) is 5.84. The average molecular weight is 227 g/mol. The fourth-order valence-electron chi connectivity index (χ4n) is 2.17. The van der Waals surface area contributed by atoms with Crippen molar-refractivity contribution in [2.45, 2.75) is 26.2 Å². The summed E-state index contributed by atoms with van der Waals surface area (Å²) in [4.78, 5) is 16.0. The summed E-state index contributed by atoms with van der Waals surface area (Å²) in [6, 6.07) is 7.96. The van der Waals surface area contributed by atoms with Crippen LogP contribution in [0.1, 0.15) is 34.7 Å². The van der Waals surface area contributed by atoms with E-state index in [0.29, 0.717) is 18.0 Å². The molecule has 0 aliphatic heterocycles. The van der Waals surface area contributed by atoms with Crippen LogP contribution in [-0.2, 0) is 6.42 Å². The maximum Gasteiger partial charge on any atom is 0.226 e. The molecular weight excluding hydrogens is 214 g/mol. The lowest BCUT2D eigenvalue weighted by Crippen LogP contribution is -2.09. The first kappa shape index (κ1) is 10.3. The van der Waals surface area contributed by atoms with Crippen LogP contribution in [0.15, 0.2) is 28.7 Å². The normalized spacial score (nSPS) is 14.8. The van der Waals surface area contributed by atoms with Crippen molar-refractivity contribution < 1.29 is 9.21 Å². The standard InChI is InChI=1S/C14H13NO2/c1-9-4-2-5-10(8-9)14-15-13-11(16)6-3-7-12(13)17-14/h2,4-5,8H,3,6-7H2,1H3. The zero-order valence-electron chi connectivity index (χ0n) is 9.69. The van der Waals surface area contributed by atoms with Gasteiger partial charge in [0.05, 0.1) is 0 Å². The van der Waals surface area contributed by atoms with Crippen molar-refractivity contribution in [2.24, 2.45) is 0 Å². The van der Waals surface area contributed by atoms with Crippen LogP contribution >= 0.6 is 0 Å². The number of fused-ring (bicyclic) bond motifs is 1. The highest BCUT2D eigenvalue weighted by Crippen LogP contribution is 2.27. The summed E-state index contributed by atoms with van der Waals surface area (Å²) in [5, 5.41) is 0. The van der Waals surface area contributed by atoms with Crippen LogP contribution in [0.2, 0.25) is 0 Å². The predicted octanol–water partition coefficient (Wildman–Crippen LogP) is 3.17. The fourth-order valence-corrected chi connectivity index (χ4v) is 2.17. The number of aryl methyl sites for hydroxylation is 2. The fraction of sp³-hybridized carbons (Fsp3) is 0.286. The lowest BCUT2D eigenvalue weighted by atomic mass is 10.0. The Bertz CT molecular complexity index is 584.